The zero-order chi connectivity index (χ0) is 30.1. The largest absolute Gasteiger partial charge is 0.507 e. The lowest BCUT2D eigenvalue weighted by molar-refractivity contribution is 0.0693. The van der Waals surface area contributed by atoms with Gasteiger partial charge in [0, 0.05) is 18.7 Å². The second kappa shape index (κ2) is 11.9. The van der Waals surface area contributed by atoms with Crippen molar-refractivity contribution in [1.29, 1.82) is 0 Å². The number of ether oxygens (including phenoxy) is 3. The highest BCUT2D eigenvalue weighted by Gasteiger charge is 2.34. The summed E-state index contributed by atoms with van der Waals surface area (Å²) >= 11 is 5.89. The van der Waals surface area contributed by atoms with E-state index in [-0.39, 0.29) is 34.4 Å². The van der Waals surface area contributed by atoms with Crippen LogP contribution in [0.1, 0.15) is 49.9 Å². The number of fused-ring (bicyclic) bond motifs is 6. The minimum Gasteiger partial charge on any atom is -0.507 e. The molecule has 3 aliphatic heterocycles. The van der Waals surface area contributed by atoms with E-state index in [1.54, 1.807) is 30.2 Å². The smallest absolute Gasteiger partial charge is 0.255 e. The molecule has 3 aliphatic rings. The third-order valence-electron chi connectivity index (χ3n) is 7.59. The van der Waals surface area contributed by atoms with Crippen LogP contribution in [0.5, 0.6) is 28.7 Å². The number of benzene rings is 4. The molecule has 0 aromatic heterocycles. The van der Waals surface area contributed by atoms with Gasteiger partial charge >= 0.3 is 0 Å². The summed E-state index contributed by atoms with van der Waals surface area (Å²) in [5.41, 5.74) is 2.92. The van der Waals surface area contributed by atoms with E-state index < -0.39 is 17.8 Å². The van der Waals surface area contributed by atoms with Gasteiger partial charge in [0.1, 0.15) is 23.1 Å². The van der Waals surface area contributed by atoms with E-state index in [1.165, 1.54) is 24.3 Å². The zero-order valence-corrected chi connectivity index (χ0v) is 24.0. The van der Waals surface area contributed by atoms with E-state index in [0.717, 1.165) is 22.8 Å². The number of hydrogen-bond acceptors (Lipinski definition) is 6. The molecule has 4 aromatic carbocycles. The van der Waals surface area contributed by atoms with Crippen molar-refractivity contribution in [2.24, 2.45) is 0 Å². The molecule has 7 rings (SSSR count). The molecular weight excluding hydrogens is 575 g/mol. The van der Waals surface area contributed by atoms with Crippen LogP contribution >= 0.6 is 11.6 Å². The molecule has 0 spiro atoms. The number of carbonyl (C=O) groups excluding carboxylic acids is 2. The predicted octanol–water partition coefficient (Wildman–Crippen LogP) is 6.29. The fourth-order valence-electron chi connectivity index (χ4n) is 5.46. The molecule has 8 bridgehead atoms. The predicted molar refractivity (Wildman–Crippen MR) is 158 cm³/mol. The molecule has 10 heteroatoms. The fraction of sp³-hybridized carbons (Fsp3) is 0.212. The number of rotatable bonds is 2. The van der Waals surface area contributed by atoms with E-state index in [1.807, 2.05) is 24.3 Å². The van der Waals surface area contributed by atoms with Crippen LogP contribution in [0.3, 0.4) is 0 Å². The molecule has 2 N–H and O–H groups in total. The lowest BCUT2D eigenvalue weighted by Gasteiger charge is -2.38. The van der Waals surface area contributed by atoms with Gasteiger partial charge in [-0.3, -0.25) is 9.59 Å². The maximum absolute atomic E-state index is 14.4. The molecule has 4 aromatic rings. The third kappa shape index (κ3) is 5.68. The fourth-order valence-corrected chi connectivity index (χ4v) is 5.58. The van der Waals surface area contributed by atoms with Crippen LogP contribution in [0, 0.1) is 5.82 Å². The first-order valence-electron chi connectivity index (χ1n) is 13.8. The number of methoxy groups -OCH3 is 1. The van der Waals surface area contributed by atoms with Gasteiger partial charge in [0.05, 0.1) is 30.3 Å². The molecular formula is C33H28ClFN2O6. The Morgan fingerprint density at radius 1 is 1.07 bits per heavy atom. The van der Waals surface area contributed by atoms with E-state index in [9.17, 15) is 19.1 Å². The number of nitrogens with one attached hydrogen (secondary N) is 1. The summed E-state index contributed by atoms with van der Waals surface area (Å²) in [6, 6.07) is 19.2. The zero-order valence-electron chi connectivity index (χ0n) is 23.2. The standard InChI is InChI=1S/C33H28ClFN2O6/c1-41-29-10-4-20-17-30(29)42-14-2-12-36-32(39)25-18-23(6-9-28(25)38)43-22-5-7-24-19(15-22)11-13-37(31(20)24)33(40)21-3-8-26(34)27(35)16-21/h3-10,15-18,31,38H,2,11-14H2,1H3,(H,36,39). The van der Waals surface area contributed by atoms with Gasteiger partial charge in [-0.1, -0.05) is 23.7 Å². The Labute approximate surface area is 252 Å². The SMILES string of the molecule is COc1ccc2cc1OCCCNC(=O)c1cc(ccc1O)Oc1ccc3c(c1)CCN(C(=O)c1ccc(Cl)c(F)c1)C23. The van der Waals surface area contributed by atoms with Crippen molar-refractivity contribution in [2.75, 3.05) is 26.8 Å². The highest BCUT2D eigenvalue weighted by atomic mass is 35.5. The highest BCUT2D eigenvalue weighted by molar-refractivity contribution is 6.30. The van der Waals surface area contributed by atoms with Crippen LogP contribution in [0.2, 0.25) is 5.02 Å². The number of amides is 2. The molecule has 0 aliphatic carbocycles. The van der Waals surface area contributed by atoms with Crippen LogP contribution < -0.4 is 19.5 Å². The number of nitrogens with zero attached hydrogens (tertiary/aromatic N) is 1. The quantitative estimate of drug-likeness (QED) is 0.280. The second-order valence-corrected chi connectivity index (χ2v) is 10.7. The van der Waals surface area contributed by atoms with Crippen molar-refractivity contribution in [3.05, 3.63) is 111 Å². The Hall–Kier alpha value is -4.76. The first-order valence-corrected chi connectivity index (χ1v) is 14.2. The van der Waals surface area contributed by atoms with Crippen LogP contribution in [0.25, 0.3) is 0 Å². The molecule has 0 saturated carbocycles. The monoisotopic (exact) mass is 602 g/mol. The minimum atomic E-state index is -0.662. The van der Waals surface area contributed by atoms with Crippen molar-refractivity contribution < 1.29 is 33.3 Å². The molecule has 1 atom stereocenters. The number of aromatic hydroxyl groups is 1. The van der Waals surface area contributed by atoms with Crippen LogP contribution in [-0.2, 0) is 6.42 Å². The summed E-state index contributed by atoms with van der Waals surface area (Å²) in [7, 11) is 1.55. The summed E-state index contributed by atoms with van der Waals surface area (Å²) < 4.78 is 32.1. The molecule has 8 nitrogen and oxygen atoms in total. The Morgan fingerprint density at radius 2 is 1.88 bits per heavy atom. The number of phenolic OH excluding ortho intramolecular Hbond substituents is 1. The van der Waals surface area contributed by atoms with Gasteiger partial charge in [-0.05, 0) is 90.2 Å². The van der Waals surface area contributed by atoms with Crippen molar-refractivity contribution in [2.45, 2.75) is 18.9 Å². The summed E-state index contributed by atoms with van der Waals surface area (Å²) in [6.45, 7) is 0.931. The Balaban J connectivity index is 1.46. The van der Waals surface area contributed by atoms with Crippen molar-refractivity contribution in [1.82, 2.24) is 10.2 Å². The number of hydrogen-bond donors (Lipinski definition) is 2. The number of phenols is 1. The highest BCUT2D eigenvalue weighted by Crippen LogP contribution is 2.41. The number of halogens is 2. The van der Waals surface area contributed by atoms with Gasteiger partial charge in [0.15, 0.2) is 11.5 Å². The average molecular weight is 603 g/mol. The topological polar surface area (TPSA) is 97.3 Å². The maximum atomic E-state index is 14.4. The van der Waals surface area contributed by atoms with Gasteiger partial charge in [-0.25, -0.2) is 4.39 Å². The molecule has 0 saturated heterocycles. The molecule has 0 fully saturated rings. The van der Waals surface area contributed by atoms with Crippen LogP contribution in [0.15, 0.2) is 72.8 Å². The van der Waals surface area contributed by atoms with Gasteiger partial charge < -0.3 is 29.5 Å². The average Bonchev–Trinajstić information content (AvgIpc) is 3.01. The first kappa shape index (κ1) is 28.4. The van der Waals surface area contributed by atoms with Crippen molar-refractivity contribution >= 4 is 23.4 Å². The molecule has 220 valence electrons. The molecule has 1 unspecified atom stereocenters. The minimum absolute atomic E-state index is 0.0541. The lowest BCUT2D eigenvalue weighted by atomic mass is 9.87. The Bertz CT molecular complexity index is 1730. The van der Waals surface area contributed by atoms with Gasteiger partial charge in [-0.15, -0.1) is 0 Å². The van der Waals surface area contributed by atoms with E-state index in [2.05, 4.69) is 5.32 Å². The maximum Gasteiger partial charge on any atom is 0.255 e. The van der Waals surface area contributed by atoms with Crippen LogP contribution in [-0.4, -0.2) is 48.6 Å². The summed E-state index contributed by atoms with van der Waals surface area (Å²) in [4.78, 5) is 28.4. The van der Waals surface area contributed by atoms with E-state index >= 15 is 0 Å². The Morgan fingerprint density at radius 3 is 2.70 bits per heavy atom. The van der Waals surface area contributed by atoms with E-state index in [0.29, 0.717) is 48.9 Å². The third-order valence-corrected chi connectivity index (χ3v) is 7.89. The Kier molecular flexibility index (Phi) is 7.82. The normalized spacial score (nSPS) is 16.3. The van der Waals surface area contributed by atoms with E-state index in [4.69, 9.17) is 25.8 Å². The molecule has 3 heterocycles. The molecule has 43 heavy (non-hydrogen) atoms. The summed E-state index contributed by atoms with van der Waals surface area (Å²) in [6.07, 6.45) is 1.00. The number of carbonyl (C=O) groups is 2. The first-order chi connectivity index (χ1) is 20.8. The summed E-state index contributed by atoms with van der Waals surface area (Å²) in [5.74, 6) is 0.341. The second-order valence-electron chi connectivity index (χ2n) is 10.3. The molecule has 0 radical (unpaired) electrons. The molecule has 2 amide bonds. The van der Waals surface area contributed by atoms with Crippen molar-refractivity contribution in [3.8, 4) is 28.7 Å². The van der Waals surface area contributed by atoms with Gasteiger partial charge in [0.2, 0.25) is 0 Å². The van der Waals surface area contributed by atoms with Crippen LogP contribution in [0.4, 0.5) is 4.39 Å². The van der Waals surface area contributed by atoms with Crippen molar-refractivity contribution in [3.63, 3.8) is 0 Å². The summed E-state index contributed by atoms with van der Waals surface area (Å²) in [5, 5.41) is 13.1. The van der Waals surface area contributed by atoms with Gasteiger partial charge in [-0.2, -0.15) is 0 Å². The lowest BCUT2D eigenvalue weighted by Crippen LogP contribution is -2.40. The van der Waals surface area contributed by atoms with Gasteiger partial charge in [0.25, 0.3) is 11.8 Å².